The normalized spacial score (nSPS) is 23.9. The van der Waals surface area contributed by atoms with E-state index in [9.17, 15) is 29.4 Å². The van der Waals surface area contributed by atoms with Gasteiger partial charge in [0, 0.05) is 5.92 Å². The Labute approximate surface area is 178 Å². The summed E-state index contributed by atoms with van der Waals surface area (Å²) in [6.07, 6.45) is 0.451. The Morgan fingerprint density at radius 2 is 1.65 bits per heavy atom. The maximum Gasteiger partial charge on any atom is 0.429 e. The van der Waals surface area contributed by atoms with E-state index in [4.69, 9.17) is 9.47 Å². The lowest BCUT2D eigenvalue weighted by Crippen LogP contribution is -2.61. The van der Waals surface area contributed by atoms with Crippen LogP contribution in [0.15, 0.2) is 36.6 Å². The SMILES string of the molecule is C=CCOC(=O)N1CC(C2=C(C(=O)O)N3C(=O)[C@H]([C@@H](C)O)[C@H]3C2)CN1C(=O)OCC=C. The molecular formula is C20H25N3O8. The Hall–Kier alpha value is -3.34. The minimum absolute atomic E-state index is 0.0284. The number of aliphatic hydroxyl groups excluding tert-OH is 1. The van der Waals surface area contributed by atoms with Gasteiger partial charge in [-0.05, 0) is 18.9 Å². The molecule has 3 aliphatic heterocycles. The molecule has 3 aliphatic rings. The zero-order valence-corrected chi connectivity index (χ0v) is 17.1. The first kappa shape index (κ1) is 22.3. The van der Waals surface area contributed by atoms with Crippen molar-refractivity contribution in [2.24, 2.45) is 11.8 Å². The molecule has 168 valence electrons. The number of aliphatic carboxylic acids is 1. The van der Waals surface area contributed by atoms with Crippen molar-refractivity contribution >= 4 is 24.1 Å². The van der Waals surface area contributed by atoms with E-state index < -0.39 is 48.0 Å². The smallest absolute Gasteiger partial charge is 0.429 e. The third-order valence-corrected chi connectivity index (χ3v) is 5.61. The van der Waals surface area contributed by atoms with E-state index in [2.05, 4.69) is 13.2 Å². The first-order valence-electron chi connectivity index (χ1n) is 9.80. The van der Waals surface area contributed by atoms with Crippen molar-refractivity contribution in [2.45, 2.75) is 25.5 Å². The lowest BCUT2D eigenvalue weighted by Gasteiger charge is -2.44. The fourth-order valence-electron chi connectivity index (χ4n) is 4.31. The second-order valence-electron chi connectivity index (χ2n) is 7.52. The number of carbonyl (C=O) groups excluding carboxylic acids is 3. The van der Waals surface area contributed by atoms with Gasteiger partial charge in [-0.2, -0.15) is 0 Å². The van der Waals surface area contributed by atoms with E-state index in [1.165, 1.54) is 24.0 Å². The fourth-order valence-corrected chi connectivity index (χ4v) is 4.31. The zero-order valence-electron chi connectivity index (χ0n) is 17.1. The summed E-state index contributed by atoms with van der Waals surface area (Å²) in [6, 6.07) is -0.462. The molecule has 0 bridgehead atoms. The molecule has 2 saturated heterocycles. The number of nitrogens with zero attached hydrogens (tertiary/aromatic N) is 3. The van der Waals surface area contributed by atoms with Crippen molar-refractivity contribution in [3.05, 3.63) is 36.6 Å². The van der Waals surface area contributed by atoms with Gasteiger partial charge in [0.25, 0.3) is 0 Å². The minimum Gasteiger partial charge on any atom is -0.477 e. The first-order valence-corrected chi connectivity index (χ1v) is 9.80. The van der Waals surface area contributed by atoms with Crippen LogP contribution >= 0.6 is 0 Å². The van der Waals surface area contributed by atoms with Gasteiger partial charge in [0.1, 0.15) is 18.9 Å². The third kappa shape index (κ3) is 3.88. The minimum atomic E-state index is -1.27. The van der Waals surface area contributed by atoms with Crippen molar-refractivity contribution < 1.29 is 38.9 Å². The number of ether oxygens (including phenoxy) is 2. The molecular weight excluding hydrogens is 410 g/mol. The van der Waals surface area contributed by atoms with Crippen LogP contribution in [0.4, 0.5) is 9.59 Å². The van der Waals surface area contributed by atoms with Crippen LogP contribution in [0.3, 0.4) is 0 Å². The van der Waals surface area contributed by atoms with Gasteiger partial charge in [0.15, 0.2) is 0 Å². The number of β-lactam (4-membered cyclic amide) rings is 1. The Balaban J connectivity index is 1.87. The van der Waals surface area contributed by atoms with E-state index in [-0.39, 0.29) is 38.4 Å². The molecule has 11 nitrogen and oxygen atoms in total. The van der Waals surface area contributed by atoms with Gasteiger partial charge in [-0.15, -0.1) is 0 Å². The summed E-state index contributed by atoms with van der Waals surface area (Å²) in [5, 5.41) is 21.7. The van der Waals surface area contributed by atoms with Crippen LogP contribution in [0.2, 0.25) is 0 Å². The van der Waals surface area contributed by atoms with E-state index in [1.54, 1.807) is 0 Å². The van der Waals surface area contributed by atoms with Crippen molar-refractivity contribution in [3.63, 3.8) is 0 Å². The van der Waals surface area contributed by atoms with Crippen LogP contribution in [0.1, 0.15) is 13.3 Å². The molecule has 3 amide bonds. The molecule has 31 heavy (non-hydrogen) atoms. The maximum atomic E-state index is 12.5. The second kappa shape index (κ2) is 8.80. The van der Waals surface area contributed by atoms with Gasteiger partial charge in [0.05, 0.1) is 31.2 Å². The zero-order chi connectivity index (χ0) is 22.9. The highest BCUT2D eigenvalue weighted by Crippen LogP contribution is 2.46. The van der Waals surface area contributed by atoms with Gasteiger partial charge in [-0.25, -0.2) is 24.4 Å². The lowest BCUT2D eigenvalue weighted by molar-refractivity contribution is -0.161. The number of carboxylic acids is 1. The second-order valence-corrected chi connectivity index (χ2v) is 7.52. The van der Waals surface area contributed by atoms with Crippen LogP contribution in [-0.4, -0.2) is 87.6 Å². The van der Waals surface area contributed by atoms with Crippen LogP contribution in [-0.2, 0) is 19.1 Å². The van der Waals surface area contributed by atoms with Crippen LogP contribution in [0.5, 0.6) is 0 Å². The molecule has 0 aromatic carbocycles. The molecule has 0 aromatic rings. The predicted molar refractivity (Wildman–Crippen MR) is 105 cm³/mol. The Kier molecular flexibility index (Phi) is 6.34. The molecule has 0 radical (unpaired) electrons. The first-order chi connectivity index (χ1) is 14.7. The van der Waals surface area contributed by atoms with Gasteiger partial charge in [0.2, 0.25) is 5.91 Å². The number of amides is 3. The number of carbonyl (C=O) groups is 4. The predicted octanol–water partition coefficient (Wildman–Crippen LogP) is 0.731. The van der Waals surface area contributed by atoms with Crippen molar-refractivity contribution in [3.8, 4) is 0 Å². The summed E-state index contributed by atoms with van der Waals surface area (Å²) < 4.78 is 10.1. The summed E-state index contributed by atoms with van der Waals surface area (Å²) in [4.78, 5) is 50.5. The molecule has 2 fully saturated rings. The largest absolute Gasteiger partial charge is 0.477 e. The number of carboxylic acid groups (broad SMARTS) is 1. The number of fused-ring (bicyclic) bond motifs is 1. The van der Waals surface area contributed by atoms with E-state index >= 15 is 0 Å². The average Bonchev–Trinajstić information content (AvgIpc) is 3.29. The topological polar surface area (TPSA) is 137 Å². The van der Waals surface area contributed by atoms with Crippen LogP contribution in [0, 0.1) is 11.8 Å². The van der Waals surface area contributed by atoms with Crippen LogP contribution < -0.4 is 0 Å². The highest BCUT2D eigenvalue weighted by molar-refractivity contribution is 5.99. The third-order valence-electron chi connectivity index (χ3n) is 5.61. The monoisotopic (exact) mass is 435 g/mol. The standard InChI is InChI=1S/C20H25N3O8/c1-4-6-30-19(28)21-9-12(10-22(21)20(29)31-7-5-2)13-8-14-15(11(3)24)17(25)23(14)16(13)18(26)27/h4-5,11-12,14-15,24H,1-2,6-10H2,3H3,(H,26,27)/t11-,14-,15-/m1/s1. The Morgan fingerprint density at radius 1 is 1.13 bits per heavy atom. The lowest BCUT2D eigenvalue weighted by atomic mass is 9.82. The van der Waals surface area contributed by atoms with Gasteiger partial charge in [-0.1, -0.05) is 25.3 Å². The van der Waals surface area contributed by atoms with Crippen molar-refractivity contribution in [2.75, 3.05) is 26.3 Å². The van der Waals surface area contributed by atoms with Gasteiger partial charge < -0.3 is 24.6 Å². The molecule has 0 saturated carbocycles. The van der Waals surface area contributed by atoms with E-state index in [0.29, 0.717) is 5.57 Å². The van der Waals surface area contributed by atoms with Crippen molar-refractivity contribution in [1.82, 2.24) is 14.9 Å². The maximum absolute atomic E-state index is 12.5. The number of aliphatic hydroxyl groups is 1. The Bertz CT molecular complexity index is 819. The Morgan fingerprint density at radius 3 is 2.06 bits per heavy atom. The molecule has 11 heteroatoms. The summed E-state index contributed by atoms with van der Waals surface area (Å²) >= 11 is 0. The number of hydrazine groups is 1. The summed E-state index contributed by atoms with van der Waals surface area (Å²) in [5.41, 5.74) is 0.284. The summed E-state index contributed by atoms with van der Waals surface area (Å²) in [5.74, 6) is -2.96. The average molecular weight is 435 g/mol. The quantitative estimate of drug-likeness (QED) is 0.441. The molecule has 3 heterocycles. The highest BCUT2D eigenvalue weighted by Gasteiger charge is 2.58. The highest BCUT2D eigenvalue weighted by atomic mass is 16.6. The summed E-state index contributed by atoms with van der Waals surface area (Å²) in [7, 11) is 0. The molecule has 0 aromatic heterocycles. The van der Waals surface area contributed by atoms with E-state index in [0.717, 1.165) is 10.0 Å². The molecule has 3 rings (SSSR count). The molecule has 2 N–H and O–H groups in total. The molecule has 0 spiro atoms. The van der Waals surface area contributed by atoms with E-state index in [1.807, 2.05) is 0 Å². The molecule has 3 atom stereocenters. The van der Waals surface area contributed by atoms with Crippen LogP contribution in [0.25, 0.3) is 0 Å². The summed E-state index contributed by atoms with van der Waals surface area (Å²) in [6.45, 7) is 8.23. The van der Waals surface area contributed by atoms with Gasteiger partial charge in [-0.3, -0.25) is 4.79 Å². The molecule has 0 unspecified atom stereocenters. The van der Waals surface area contributed by atoms with Crippen molar-refractivity contribution in [1.29, 1.82) is 0 Å². The number of hydrogen-bond donors (Lipinski definition) is 2. The number of rotatable bonds is 7. The van der Waals surface area contributed by atoms with Gasteiger partial charge >= 0.3 is 18.2 Å². The number of hydrogen-bond acceptors (Lipinski definition) is 7. The fraction of sp³-hybridized carbons (Fsp3) is 0.500. The molecule has 0 aliphatic carbocycles.